The number of methoxy groups -OCH3 is 2. The van der Waals surface area contributed by atoms with Crippen LogP contribution in [0.3, 0.4) is 0 Å². The molecule has 0 saturated carbocycles. The topological polar surface area (TPSA) is 64.6 Å². The van der Waals surface area contributed by atoms with Crippen LogP contribution in [-0.2, 0) is 19.1 Å². The van der Waals surface area contributed by atoms with E-state index >= 15 is 0 Å². The number of ether oxygens (including phenoxy) is 2. The third-order valence-corrected chi connectivity index (χ3v) is 2.94. The lowest BCUT2D eigenvalue weighted by atomic mass is 9.99. The summed E-state index contributed by atoms with van der Waals surface area (Å²) in [5, 5.41) is 3.04. The Balaban J connectivity index is 2.78. The van der Waals surface area contributed by atoms with Gasteiger partial charge in [0.1, 0.15) is 5.82 Å². The van der Waals surface area contributed by atoms with Crippen molar-refractivity contribution in [2.75, 3.05) is 19.5 Å². The summed E-state index contributed by atoms with van der Waals surface area (Å²) in [5.74, 6) is -2.74. The normalized spacial score (nSPS) is 11.6. The molecule has 5 nitrogen and oxygen atoms in total. The van der Waals surface area contributed by atoms with Gasteiger partial charge < -0.3 is 14.8 Å². The predicted octanol–water partition coefficient (Wildman–Crippen LogP) is 2.14. The third-order valence-electron chi connectivity index (χ3n) is 2.94. The standard InChI is InChI=1S/C15H18FNO4/c1-4-11(17-12-7-5-10(16)6-8-12)9-13(14(18)20-2)15(19)21-3/h4-8,11,13,17H,1,9H2,2-3H3. The van der Waals surface area contributed by atoms with Gasteiger partial charge in [0.05, 0.1) is 14.2 Å². The quantitative estimate of drug-likeness (QED) is 0.474. The summed E-state index contributed by atoms with van der Waals surface area (Å²) in [7, 11) is 2.41. The molecule has 0 bridgehead atoms. The Morgan fingerprint density at radius 1 is 1.24 bits per heavy atom. The maximum Gasteiger partial charge on any atom is 0.320 e. The van der Waals surface area contributed by atoms with E-state index in [0.717, 1.165) is 0 Å². The molecule has 0 amide bonds. The van der Waals surface area contributed by atoms with Gasteiger partial charge in [-0.1, -0.05) is 6.08 Å². The minimum absolute atomic E-state index is 0.125. The van der Waals surface area contributed by atoms with Crippen LogP contribution < -0.4 is 5.32 Å². The van der Waals surface area contributed by atoms with Gasteiger partial charge in [-0.3, -0.25) is 9.59 Å². The van der Waals surface area contributed by atoms with Crippen molar-refractivity contribution < 1.29 is 23.5 Å². The number of halogens is 1. The van der Waals surface area contributed by atoms with Gasteiger partial charge in [0.2, 0.25) is 0 Å². The van der Waals surface area contributed by atoms with Gasteiger partial charge in [0.15, 0.2) is 5.92 Å². The van der Waals surface area contributed by atoms with Gasteiger partial charge in [0.25, 0.3) is 0 Å². The summed E-state index contributed by atoms with van der Waals surface area (Å²) in [4.78, 5) is 23.3. The van der Waals surface area contributed by atoms with E-state index in [-0.39, 0.29) is 18.3 Å². The van der Waals surface area contributed by atoms with Gasteiger partial charge in [-0.25, -0.2) is 4.39 Å². The number of carbonyl (C=O) groups excluding carboxylic acids is 2. The van der Waals surface area contributed by atoms with Crippen molar-refractivity contribution in [3.05, 3.63) is 42.7 Å². The lowest BCUT2D eigenvalue weighted by molar-refractivity contribution is -0.159. The van der Waals surface area contributed by atoms with Crippen molar-refractivity contribution in [3.8, 4) is 0 Å². The Bertz CT molecular complexity index is 485. The fourth-order valence-electron chi connectivity index (χ4n) is 1.80. The first-order valence-electron chi connectivity index (χ1n) is 6.32. The van der Waals surface area contributed by atoms with Crippen molar-refractivity contribution in [2.24, 2.45) is 5.92 Å². The maximum absolute atomic E-state index is 12.8. The van der Waals surface area contributed by atoms with Crippen LogP contribution >= 0.6 is 0 Å². The summed E-state index contributed by atoms with van der Waals surface area (Å²) in [5.41, 5.74) is 0.648. The summed E-state index contributed by atoms with van der Waals surface area (Å²) >= 11 is 0. The van der Waals surface area contributed by atoms with Crippen molar-refractivity contribution in [3.63, 3.8) is 0 Å². The zero-order valence-electron chi connectivity index (χ0n) is 12.0. The number of anilines is 1. The van der Waals surface area contributed by atoms with Crippen molar-refractivity contribution in [1.29, 1.82) is 0 Å². The zero-order valence-corrected chi connectivity index (χ0v) is 12.0. The van der Waals surface area contributed by atoms with E-state index in [9.17, 15) is 14.0 Å². The summed E-state index contributed by atoms with van der Waals surface area (Å²) in [6, 6.07) is 5.34. The molecule has 0 aliphatic heterocycles. The maximum atomic E-state index is 12.8. The highest BCUT2D eigenvalue weighted by Gasteiger charge is 2.30. The second kappa shape index (κ2) is 8.04. The number of hydrogen-bond donors (Lipinski definition) is 1. The summed E-state index contributed by atoms with van der Waals surface area (Å²) in [6.07, 6.45) is 1.68. The monoisotopic (exact) mass is 295 g/mol. The summed E-state index contributed by atoms with van der Waals surface area (Å²) < 4.78 is 22.0. The van der Waals surface area contributed by atoms with Crippen molar-refractivity contribution in [1.82, 2.24) is 0 Å². The average molecular weight is 295 g/mol. The Hall–Kier alpha value is -2.37. The van der Waals surface area contributed by atoms with E-state index in [1.165, 1.54) is 26.4 Å². The second-order valence-electron chi connectivity index (χ2n) is 4.33. The van der Waals surface area contributed by atoms with E-state index in [2.05, 4.69) is 21.4 Å². The Labute approximate surface area is 122 Å². The zero-order chi connectivity index (χ0) is 15.8. The van der Waals surface area contributed by atoms with Crippen LogP contribution in [0.2, 0.25) is 0 Å². The molecule has 0 aliphatic rings. The highest BCUT2D eigenvalue weighted by Crippen LogP contribution is 2.17. The molecule has 21 heavy (non-hydrogen) atoms. The first kappa shape index (κ1) is 16.7. The van der Waals surface area contributed by atoms with Crippen LogP contribution in [0.1, 0.15) is 6.42 Å². The second-order valence-corrected chi connectivity index (χ2v) is 4.33. The molecule has 1 atom stereocenters. The largest absolute Gasteiger partial charge is 0.468 e. The number of carbonyl (C=O) groups is 2. The first-order chi connectivity index (χ1) is 10.0. The molecule has 1 N–H and O–H groups in total. The minimum Gasteiger partial charge on any atom is -0.468 e. The fourth-order valence-corrected chi connectivity index (χ4v) is 1.80. The van der Waals surface area contributed by atoms with Crippen LogP contribution in [-0.4, -0.2) is 32.2 Å². The lowest BCUT2D eigenvalue weighted by Crippen LogP contribution is -2.32. The molecule has 0 fully saturated rings. The summed E-state index contributed by atoms with van der Waals surface area (Å²) in [6.45, 7) is 3.66. The lowest BCUT2D eigenvalue weighted by Gasteiger charge is -2.20. The van der Waals surface area contributed by atoms with E-state index in [4.69, 9.17) is 0 Å². The molecular formula is C15H18FNO4. The number of esters is 2. The molecule has 114 valence electrons. The molecular weight excluding hydrogens is 277 g/mol. The fraction of sp³-hybridized carbons (Fsp3) is 0.333. The highest BCUT2D eigenvalue weighted by atomic mass is 19.1. The molecule has 0 saturated heterocycles. The highest BCUT2D eigenvalue weighted by molar-refractivity contribution is 5.94. The average Bonchev–Trinajstić information content (AvgIpc) is 2.51. The predicted molar refractivity (Wildman–Crippen MR) is 76.1 cm³/mol. The minimum atomic E-state index is -1.05. The molecule has 0 aromatic heterocycles. The molecule has 1 rings (SSSR count). The van der Waals surface area contributed by atoms with Crippen molar-refractivity contribution in [2.45, 2.75) is 12.5 Å². The Morgan fingerprint density at radius 3 is 2.19 bits per heavy atom. The number of nitrogens with one attached hydrogen (secondary N) is 1. The molecule has 1 aromatic rings. The molecule has 1 aromatic carbocycles. The van der Waals surface area contributed by atoms with E-state index in [0.29, 0.717) is 5.69 Å². The SMILES string of the molecule is C=CC(CC(C(=O)OC)C(=O)OC)Nc1ccc(F)cc1. The van der Waals surface area contributed by atoms with Gasteiger partial charge in [-0.05, 0) is 30.7 Å². The van der Waals surface area contributed by atoms with E-state index < -0.39 is 17.9 Å². The number of hydrogen-bond acceptors (Lipinski definition) is 5. The number of benzene rings is 1. The van der Waals surface area contributed by atoms with Gasteiger partial charge >= 0.3 is 11.9 Å². The van der Waals surface area contributed by atoms with Gasteiger partial charge in [0, 0.05) is 11.7 Å². The molecule has 0 heterocycles. The molecule has 0 aliphatic carbocycles. The van der Waals surface area contributed by atoms with Crippen molar-refractivity contribution >= 4 is 17.6 Å². The van der Waals surface area contributed by atoms with Gasteiger partial charge in [-0.2, -0.15) is 0 Å². The molecule has 0 radical (unpaired) electrons. The first-order valence-corrected chi connectivity index (χ1v) is 6.32. The van der Waals surface area contributed by atoms with Crippen LogP contribution in [0.15, 0.2) is 36.9 Å². The van der Waals surface area contributed by atoms with E-state index in [1.807, 2.05) is 0 Å². The number of rotatable bonds is 7. The molecule has 1 unspecified atom stereocenters. The van der Waals surface area contributed by atoms with Gasteiger partial charge in [-0.15, -0.1) is 6.58 Å². The molecule has 0 spiro atoms. The van der Waals surface area contributed by atoms with Crippen LogP contribution in [0.25, 0.3) is 0 Å². The Kier molecular flexibility index (Phi) is 6.39. The van der Waals surface area contributed by atoms with E-state index in [1.54, 1.807) is 18.2 Å². The molecule has 6 heteroatoms. The van der Waals surface area contributed by atoms with Crippen LogP contribution in [0.5, 0.6) is 0 Å². The third kappa shape index (κ3) is 4.91. The smallest absolute Gasteiger partial charge is 0.320 e. The van der Waals surface area contributed by atoms with Crippen LogP contribution in [0, 0.1) is 11.7 Å². The van der Waals surface area contributed by atoms with Crippen LogP contribution in [0.4, 0.5) is 10.1 Å². The Morgan fingerprint density at radius 2 is 1.76 bits per heavy atom.